The van der Waals surface area contributed by atoms with Crippen LogP contribution in [-0.2, 0) is 12.8 Å². The van der Waals surface area contributed by atoms with Crippen molar-refractivity contribution in [2.75, 3.05) is 0 Å². The van der Waals surface area contributed by atoms with Crippen molar-refractivity contribution in [3.8, 4) is 0 Å². The van der Waals surface area contributed by atoms with E-state index in [0.29, 0.717) is 6.42 Å². The molecule has 0 bridgehead atoms. The lowest BCUT2D eigenvalue weighted by atomic mass is 9.92. The first kappa shape index (κ1) is 16.9. The normalized spacial score (nSPS) is 11.9. The molecule has 1 unspecified atom stereocenters. The highest BCUT2D eigenvalue weighted by molar-refractivity contribution is 5.39. The standard InChI is InChI=1S/C22H21NO2/c1-17(23(24)25)22-16-20(14-18-8-4-2-5-9-18)12-13-21(22)15-19-10-6-3-7-11-19/h2-13,16-17H,14-15H2,1H3. The van der Waals surface area contributed by atoms with Crippen molar-refractivity contribution >= 4 is 0 Å². The molecule has 3 rings (SSSR count). The molecule has 0 spiro atoms. The van der Waals surface area contributed by atoms with Gasteiger partial charge in [0.1, 0.15) is 0 Å². The number of nitro groups is 1. The summed E-state index contributed by atoms with van der Waals surface area (Å²) in [7, 11) is 0. The Kier molecular flexibility index (Phi) is 5.24. The molecule has 0 aliphatic heterocycles. The van der Waals surface area contributed by atoms with E-state index in [9.17, 15) is 10.1 Å². The number of nitrogens with zero attached hydrogens (tertiary/aromatic N) is 1. The van der Waals surface area contributed by atoms with Crippen LogP contribution in [0.15, 0.2) is 78.9 Å². The quantitative estimate of drug-likeness (QED) is 0.460. The van der Waals surface area contributed by atoms with Crippen LogP contribution in [0.25, 0.3) is 0 Å². The zero-order valence-electron chi connectivity index (χ0n) is 14.3. The second-order valence-corrected chi connectivity index (χ2v) is 6.32. The Hall–Kier alpha value is -2.94. The summed E-state index contributed by atoms with van der Waals surface area (Å²) in [6.45, 7) is 1.66. The van der Waals surface area contributed by atoms with Crippen LogP contribution in [0, 0.1) is 10.1 Å². The maximum Gasteiger partial charge on any atom is 0.235 e. The average molecular weight is 331 g/mol. The van der Waals surface area contributed by atoms with Crippen molar-refractivity contribution in [3.63, 3.8) is 0 Å². The fourth-order valence-corrected chi connectivity index (χ4v) is 3.07. The number of benzene rings is 3. The lowest BCUT2D eigenvalue weighted by molar-refractivity contribution is -0.524. The second kappa shape index (κ2) is 7.75. The van der Waals surface area contributed by atoms with Gasteiger partial charge >= 0.3 is 0 Å². The highest BCUT2D eigenvalue weighted by Crippen LogP contribution is 2.25. The van der Waals surface area contributed by atoms with E-state index >= 15 is 0 Å². The Morgan fingerprint density at radius 3 is 1.92 bits per heavy atom. The van der Waals surface area contributed by atoms with E-state index in [1.165, 1.54) is 5.56 Å². The monoisotopic (exact) mass is 331 g/mol. The third-order valence-corrected chi connectivity index (χ3v) is 4.47. The molecule has 0 radical (unpaired) electrons. The fraction of sp³-hybridized carbons (Fsp3) is 0.182. The van der Waals surface area contributed by atoms with E-state index in [0.717, 1.165) is 28.7 Å². The predicted molar refractivity (Wildman–Crippen MR) is 100 cm³/mol. The van der Waals surface area contributed by atoms with Gasteiger partial charge in [-0.1, -0.05) is 72.8 Å². The molecule has 1 atom stereocenters. The van der Waals surface area contributed by atoms with E-state index in [1.807, 2.05) is 48.5 Å². The van der Waals surface area contributed by atoms with Crippen molar-refractivity contribution in [3.05, 3.63) is 117 Å². The molecule has 126 valence electrons. The van der Waals surface area contributed by atoms with Crippen molar-refractivity contribution in [2.24, 2.45) is 0 Å². The fourth-order valence-electron chi connectivity index (χ4n) is 3.07. The van der Waals surface area contributed by atoms with Gasteiger partial charge in [-0.2, -0.15) is 0 Å². The third kappa shape index (κ3) is 4.32. The third-order valence-electron chi connectivity index (χ3n) is 4.47. The summed E-state index contributed by atoms with van der Waals surface area (Å²) in [4.78, 5) is 11.2. The first-order chi connectivity index (χ1) is 12.1. The number of hydrogen-bond acceptors (Lipinski definition) is 2. The smallest absolute Gasteiger partial charge is 0.235 e. The summed E-state index contributed by atoms with van der Waals surface area (Å²) in [5.41, 5.74) is 5.30. The van der Waals surface area contributed by atoms with E-state index < -0.39 is 6.04 Å². The molecule has 0 fully saturated rings. The number of hydrogen-bond donors (Lipinski definition) is 0. The minimum atomic E-state index is -0.713. The SMILES string of the molecule is CC(c1cc(Cc2ccccc2)ccc1Cc1ccccc1)[N+](=O)[O-]. The van der Waals surface area contributed by atoms with Crippen LogP contribution >= 0.6 is 0 Å². The molecule has 0 aliphatic rings. The van der Waals surface area contributed by atoms with Crippen molar-refractivity contribution in [2.45, 2.75) is 25.8 Å². The summed E-state index contributed by atoms with van der Waals surface area (Å²) < 4.78 is 0. The molecule has 25 heavy (non-hydrogen) atoms. The van der Waals surface area contributed by atoms with Gasteiger partial charge in [-0.05, 0) is 41.2 Å². The van der Waals surface area contributed by atoms with Crippen LogP contribution in [0.3, 0.4) is 0 Å². The molecule has 0 aliphatic carbocycles. The minimum absolute atomic E-state index is 0.212. The van der Waals surface area contributed by atoms with Gasteiger partial charge in [0.2, 0.25) is 6.04 Å². The predicted octanol–water partition coefficient (Wildman–Crippen LogP) is 5.21. The largest absolute Gasteiger partial charge is 0.264 e. The Balaban J connectivity index is 1.93. The zero-order valence-corrected chi connectivity index (χ0v) is 14.3. The molecule has 0 saturated heterocycles. The van der Waals surface area contributed by atoms with Crippen LogP contribution in [0.5, 0.6) is 0 Å². The van der Waals surface area contributed by atoms with Crippen LogP contribution < -0.4 is 0 Å². The van der Waals surface area contributed by atoms with Gasteiger partial charge in [0.25, 0.3) is 0 Å². The van der Waals surface area contributed by atoms with Crippen LogP contribution in [0.4, 0.5) is 0 Å². The molecule has 0 heterocycles. The lowest BCUT2D eigenvalue weighted by Gasteiger charge is -2.14. The molecule has 0 saturated carbocycles. The molecule has 3 nitrogen and oxygen atoms in total. The Morgan fingerprint density at radius 2 is 1.36 bits per heavy atom. The van der Waals surface area contributed by atoms with Crippen LogP contribution in [-0.4, -0.2) is 4.92 Å². The highest BCUT2D eigenvalue weighted by atomic mass is 16.6. The summed E-state index contributed by atoms with van der Waals surface area (Å²) in [6.07, 6.45) is 1.49. The van der Waals surface area contributed by atoms with E-state index in [1.54, 1.807) is 6.92 Å². The Morgan fingerprint density at radius 1 is 0.800 bits per heavy atom. The Bertz CT molecular complexity index is 844. The molecule has 3 aromatic carbocycles. The van der Waals surface area contributed by atoms with Crippen LogP contribution in [0.1, 0.15) is 40.8 Å². The highest BCUT2D eigenvalue weighted by Gasteiger charge is 2.20. The van der Waals surface area contributed by atoms with Crippen LogP contribution in [0.2, 0.25) is 0 Å². The molecule has 3 heteroatoms. The molecular weight excluding hydrogens is 310 g/mol. The van der Waals surface area contributed by atoms with Crippen molar-refractivity contribution < 1.29 is 4.92 Å². The lowest BCUT2D eigenvalue weighted by Crippen LogP contribution is -2.10. The maximum atomic E-state index is 11.4. The Labute approximate surface area is 148 Å². The maximum absolute atomic E-state index is 11.4. The average Bonchev–Trinajstić information content (AvgIpc) is 2.64. The van der Waals surface area contributed by atoms with E-state index in [4.69, 9.17) is 0 Å². The van der Waals surface area contributed by atoms with Crippen molar-refractivity contribution in [1.82, 2.24) is 0 Å². The van der Waals surface area contributed by atoms with Gasteiger partial charge < -0.3 is 0 Å². The summed E-state index contributed by atoms with van der Waals surface area (Å²) in [6, 6.07) is 25.7. The summed E-state index contributed by atoms with van der Waals surface area (Å²) in [5.74, 6) is 0. The number of rotatable bonds is 6. The molecule has 0 aromatic heterocycles. The molecular formula is C22H21NO2. The first-order valence-electron chi connectivity index (χ1n) is 8.46. The first-order valence-corrected chi connectivity index (χ1v) is 8.46. The summed E-state index contributed by atoms with van der Waals surface area (Å²) >= 11 is 0. The summed E-state index contributed by atoms with van der Waals surface area (Å²) in [5, 5.41) is 11.4. The van der Waals surface area contributed by atoms with Gasteiger partial charge in [0, 0.05) is 17.4 Å². The van der Waals surface area contributed by atoms with Crippen molar-refractivity contribution in [1.29, 1.82) is 0 Å². The molecule has 0 N–H and O–H groups in total. The van der Waals surface area contributed by atoms with E-state index in [2.05, 4.69) is 30.3 Å². The van der Waals surface area contributed by atoms with Gasteiger partial charge in [0.05, 0.1) is 0 Å². The minimum Gasteiger partial charge on any atom is -0.264 e. The van der Waals surface area contributed by atoms with Gasteiger partial charge in [-0.15, -0.1) is 0 Å². The molecule has 0 amide bonds. The van der Waals surface area contributed by atoms with E-state index in [-0.39, 0.29) is 4.92 Å². The second-order valence-electron chi connectivity index (χ2n) is 6.32. The zero-order chi connectivity index (χ0) is 17.6. The molecule has 3 aromatic rings. The van der Waals surface area contributed by atoms with Gasteiger partial charge in [0.15, 0.2) is 0 Å². The van der Waals surface area contributed by atoms with Gasteiger partial charge in [-0.3, -0.25) is 10.1 Å². The van der Waals surface area contributed by atoms with Gasteiger partial charge in [-0.25, -0.2) is 0 Å². The topological polar surface area (TPSA) is 43.1 Å².